The molecule has 150 valence electrons. The molecule has 0 fully saturated rings. The van der Waals surface area contributed by atoms with Crippen molar-refractivity contribution in [2.24, 2.45) is 0 Å². The maximum atomic E-state index is 12.7. The fourth-order valence-corrected chi connectivity index (χ4v) is 4.35. The third-order valence-electron chi connectivity index (χ3n) is 4.35. The topological polar surface area (TPSA) is 66.5 Å². The number of nitrogens with zero attached hydrogens (tertiary/aromatic N) is 1. The van der Waals surface area contributed by atoms with E-state index in [1.165, 1.54) is 23.5 Å². The van der Waals surface area contributed by atoms with Gasteiger partial charge in [0.25, 0.3) is 15.9 Å². The van der Waals surface area contributed by atoms with E-state index in [9.17, 15) is 13.2 Å². The summed E-state index contributed by atoms with van der Waals surface area (Å²) in [5, 5.41) is 3.78. The van der Waals surface area contributed by atoms with E-state index in [4.69, 9.17) is 23.2 Å². The van der Waals surface area contributed by atoms with Gasteiger partial charge in [0.15, 0.2) is 0 Å². The first kappa shape index (κ1) is 21.2. The fourth-order valence-electron chi connectivity index (χ4n) is 2.65. The molecule has 0 saturated heterocycles. The van der Waals surface area contributed by atoms with E-state index in [0.717, 1.165) is 5.56 Å². The number of halogens is 2. The van der Waals surface area contributed by atoms with Crippen LogP contribution in [-0.4, -0.2) is 21.4 Å². The Morgan fingerprint density at radius 2 is 1.62 bits per heavy atom. The molecule has 0 aliphatic heterocycles. The van der Waals surface area contributed by atoms with Gasteiger partial charge in [-0.15, -0.1) is 0 Å². The lowest BCUT2D eigenvalue weighted by molar-refractivity contribution is 0.0951. The van der Waals surface area contributed by atoms with Crippen LogP contribution in [-0.2, 0) is 16.6 Å². The first-order valence-corrected chi connectivity index (χ1v) is 10.8. The van der Waals surface area contributed by atoms with Gasteiger partial charge in [0, 0.05) is 29.2 Å². The van der Waals surface area contributed by atoms with Crippen molar-refractivity contribution < 1.29 is 13.2 Å². The molecule has 0 radical (unpaired) electrons. The van der Waals surface area contributed by atoms with Gasteiger partial charge in [-0.3, -0.25) is 9.10 Å². The second kappa shape index (κ2) is 8.86. The molecule has 0 saturated carbocycles. The van der Waals surface area contributed by atoms with Crippen LogP contribution in [0.1, 0.15) is 15.9 Å². The summed E-state index contributed by atoms with van der Waals surface area (Å²) in [6, 6.07) is 19.6. The number of amides is 1. The van der Waals surface area contributed by atoms with Crippen molar-refractivity contribution in [3.8, 4) is 0 Å². The van der Waals surface area contributed by atoms with Crippen LogP contribution in [0.25, 0.3) is 0 Å². The molecule has 0 aliphatic carbocycles. The summed E-state index contributed by atoms with van der Waals surface area (Å²) in [6.07, 6.45) is 0. The van der Waals surface area contributed by atoms with Gasteiger partial charge in [0.1, 0.15) is 0 Å². The summed E-state index contributed by atoms with van der Waals surface area (Å²) >= 11 is 12.0. The lowest BCUT2D eigenvalue weighted by atomic mass is 10.1. The van der Waals surface area contributed by atoms with Crippen LogP contribution >= 0.6 is 23.2 Å². The number of benzene rings is 3. The van der Waals surface area contributed by atoms with Crippen molar-refractivity contribution >= 4 is 44.8 Å². The minimum Gasteiger partial charge on any atom is -0.348 e. The quantitative estimate of drug-likeness (QED) is 0.591. The third kappa shape index (κ3) is 4.90. The zero-order chi connectivity index (χ0) is 21.0. The van der Waals surface area contributed by atoms with E-state index in [-0.39, 0.29) is 17.3 Å². The Bertz CT molecular complexity index is 1120. The van der Waals surface area contributed by atoms with E-state index in [1.54, 1.807) is 60.7 Å². The highest BCUT2D eigenvalue weighted by Crippen LogP contribution is 2.23. The molecule has 3 rings (SSSR count). The largest absolute Gasteiger partial charge is 0.348 e. The molecule has 0 bridgehead atoms. The van der Waals surface area contributed by atoms with Crippen LogP contribution in [0.15, 0.2) is 77.7 Å². The highest BCUT2D eigenvalue weighted by Gasteiger charge is 2.21. The lowest BCUT2D eigenvalue weighted by Crippen LogP contribution is -2.27. The minimum atomic E-state index is -3.67. The second-order valence-electron chi connectivity index (χ2n) is 6.25. The molecule has 0 heterocycles. The minimum absolute atomic E-state index is 0.198. The van der Waals surface area contributed by atoms with E-state index < -0.39 is 10.0 Å². The Hall–Kier alpha value is -2.54. The highest BCUT2D eigenvalue weighted by molar-refractivity contribution is 7.92. The second-order valence-corrected chi connectivity index (χ2v) is 9.06. The summed E-state index contributed by atoms with van der Waals surface area (Å²) in [7, 11) is -2.20. The number of hydrogen-bond acceptors (Lipinski definition) is 3. The van der Waals surface area contributed by atoms with Gasteiger partial charge in [-0.25, -0.2) is 8.42 Å². The van der Waals surface area contributed by atoms with Crippen molar-refractivity contribution in [1.29, 1.82) is 0 Å². The Labute approximate surface area is 179 Å². The van der Waals surface area contributed by atoms with Crippen LogP contribution < -0.4 is 9.62 Å². The first-order chi connectivity index (χ1) is 13.8. The van der Waals surface area contributed by atoms with E-state index in [2.05, 4.69) is 5.32 Å². The Kier molecular flexibility index (Phi) is 6.47. The number of hydrogen-bond donors (Lipinski definition) is 1. The van der Waals surface area contributed by atoms with Gasteiger partial charge in [-0.2, -0.15) is 0 Å². The lowest BCUT2D eigenvalue weighted by Gasteiger charge is -2.19. The van der Waals surface area contributed by atoms with E-state index >= 15 is 0 Å². The third-order valence-corrected chi connectivity index (χ3v) is 6.74. The van der Waals surface area contributed by atoms with Crippen molar-refractivity contribution in [3.05, 3.63) is 94.0 Å². The van der Waals surface area contributed by atoms with Gasteiger partial charge in [-0.1, -0.05) is 47.5 Å². The summed E-state index contributed by atoms with van der Waals surface area (Å²) < 4.78 is 26.6. The SMILES string of the molecule is CN(c1ccc(C(=O)NCc2ccc(Cl)cc2Cl)cc1)S(=O)(=O)c1ccccc1. The zero-order valence-electron chi connectivity index (χ0n) is 15.5. The van der Waals surface area contributed by atoms with Crippen LogP contribution in [0, 0.1) is 0 Å². The summed E-state index contributed by atoms with van der Waals surface area (Å²) in [4.78, 5) is 12.6. The van der Waals surface area contributed by atoms with Crippen molar-refractivity contribution in [2.45, 2.75) is 11.4 Å². The molecule has 0 aliphatic rings. The summed E-state index contributed by atoms with van der Waals surface area (Å²) in [5.41, 5.74) is 1.60. The molecule has 5 nitrogen and oxygen atoms in total. The number of nitrogens with one attached hydrogen (secondary N) is 1. The zero-order valence-corrected chi connectivity index (χ0v) is 17.8. The molecular formula is C21H18Cl2N2O3S. The van der Waals surface area contributed by atoms with Crippen LogP contribution in [0.3, 0.4) is 0 Å². The van der Waals surface area contributed by atoms with Gasteiger partial charge in [0.2, 0.25) is 0 Å². The molecule has 3 aromatic rings. The molecule has 29 heavy (non-hydrogen) atoms. The summed E-state index contributed by atoms with van der Waals surface area (Å²) in [6.45, 7) is 0.249. The Balaban J connectivity index is 1.70. The monoisotopic (exact) mass is 448 g/mol. The molecule has 0 atom stereocenters. The Morgan fingerprint density at radius 1 is 0.966 bits per heavy atom. The average molecular weight is 449 g/mol. The molecule has 0 aromatic heterocycles. The molecule has 1 amide bonds. The molecule has 3 aromatic carbocycles. The van der Waals surface area contributed by atoms with Crippen molar-refractivity contribution in [3.63, 3.8) is 0 Å². The normalized spacial score (nSPS) is 11.1. The predicted molar refractivity (Wildman–Crippen MR) is 116 cm³/mol. The van der Waals surface area contributed by atoms with E-state index in [0.29, 0.717) is 21.3 Å². The fraction of sp³-hybridized carbons (Fsp3) is 0.0952. The van der Waals surface area contributed by atoms with Crippen LogP contribution in [0.5, 0.6) is 0 Å². The first-order valence-electron chi connectivity index (χ1n) is 8.65. The molecule has 1 N–H and O–H groups in total. The number of carbonyl (C=O) groups is 1. The maximum absolute atomic E-state index is 12.7. The summed E-state index contributed by atoms with van der Waals surface area (Å²) in [5.74, 6) is -0.295. The molecule has 0 spiro atoms. The van der Waals surface area contributed by atoms with Crippen LogP contribution in [0.2, 0.25) is 10.0 Å². The number of rotatable bonds is 6. The highest BCUT2D eigenvalue weighted by atomic mass is 35.5. The average Bonchev–Trinajstić information content (AvgIpc) is 2.73. The molecule has 0 unspecified atom stereocenters. The predicted octanol–water partition coefficient (Wildman–Crippen LogP) is 4.75. The van der Waals surface area contributed by atoms with Gasteiger partial charge < -0.3 is 5.32 Å². The van der Waals surface area contributed by atoms with Crippen LogP contribution in [0.4, 0.5) is 5.69 Å². The number of sulfonamides is 1. The number of carbonyl (C=O) groups excluding carboxylic acids is 1. The van der Waals surface area contributed by atoms with Gasteiger partial charge in [-0.05, 0) is 54.1 Å². The van der Waals surface area contributed by atoms with Gasteiger partial charge in [0.05, 0.1) is 10.6 Å². The van der Waals surface area contributed by atoms with E-state index in [1.807, 2.05) is 0 Å². The van der Waals surface area contributed by atoms with Gasteiger partial charge >= 0.3 is 0 Å². The maximum Gasteiger partial charge on any atom is 0.264 e. The molecular weight excluding hydrogens is 431 g/mol. The smallest absolute Gasteiger partial charge is 0.264 e. The van der Waals surface area contributed by atoms with Crippen molar-refractivity contribution in [2.75, 3.05) is 11.4 Å². The number of anilines is 1. The Morgan fingerprint density at radius 3 is 2.24 bits per heavy atom. The standard InChI is InChI=1S/C21H18Cl2N2O3S/c1-25(29(27,28)19-5-3-2-4-6-19)18-11-8-15(9-12-18)21(26)24-14-16-7-10-17(22)13-20(16)23/h2-13H,14H2,1H3,(H,24,26). The van der Waals surface area contributed by atoms with Crippen molar-refractivity contribution in [1.82, 2.24) is 5.32 Å². The molecule has 8 heteroatoms.